The highest BCUT2D eigenvalue weighted by molar-refractivity contribution is 5.71. The van der Waals surface area contributed by atoms with E-state index in [2.05, 4.69) is 36.1 Å². The molecule has 5 nitrogen and oxygen atoms in total. The van der Waals surface area contributed by atoms with Crippen molar-refractivity contribution < 1.29 is 19.4 Å². The van der Waals surface area contributed by atoms with Gasteiger partial charge >= 0.3 is 5.97 Å². The number of benzene rings is 2. The third kappa shape index (κ3) is 4.31. The number of likely N-dealkylation sites (tertiary alicyclic amines) is 1. The highest BCUT2D eigenvalue weighted by Gasteiger charge is 2.32. The highest BCUT2D eigenvalue weighted by Crippen LogP contribution is 2.30. The largest absolute Gasteiger partial charge is 0.493 e. The summed E-state index contributed by atoms with van der Waals surface area (Å²) in [7, 11) is 1.63. The average molecular weight is 341 g/mol. The zero-order valence-corrected chi connectivity index (χ0v) is 14.6. The standard InChI is InChI=1S/C20H23NO4/c1-14-3-5-15(6-4-14)13-25-18-8-7-16(9-19(18)24-2)10-21-11-17(12-21)20(22)23/h3-9,17H,10-13H2,1-2H3,(H,22,23). The van der Waals surface area contributed by atoms with E-state index in [1.807, 2.05) is 18.2 Å². The fourth-order valence-corrected chi connectivity index (χ4v) is 2.89. The minimum absolute atomic E-state index is 0.237. The zero-order valence-electron chi connectivity index (χ0n) is 14.6. The molecule has 1 aliphatic rings. The molecule has 1 fully saturated rings. The predicted molar refractivity (Wildman–Crippen MR) is 94.9 cm³/mol. The lowest BCUT2D eigenvalue weighted by molar-refractivity contribution is -0.147. The van der Waals surface area contributed by atoms with Gasteiger partial charge in [0.25, 0.3) is 0 Å². The average Bonchev–Trinajstić information content (AvgIpc) is 2.57. The van der Waals surface area contributed by atoms with Crippen LogP contribution in [0.3, 0.4) is 0 Å². The van der Waals surface area contributed by atoms with Crippen molar-refractivity contribution in [3.8, 4) is 11.5 Å². The van der Waals surface area contributed by atoms with E-state index in [9.17, 15) is 4.79 Å². The minimum Gasteiger partial charge on any atom is -0.493 e. The predicted octanol–water partition coefficient (Wildman–Crippen LogP) is 3.10. The number of rotatable bonds is 7. The van der Waals surface area contributed by atoms with Crippen molar-refractivity contribution in [2.75, 3.05) is 20.2 Å². The van der Waals surface area contributed by atoms with Gasteiger partial charge in [0.05, 0.1) is 13.0 Å². The highest BCUT2D eigenvalue weighted by atomic mass is 16.5. The van der Waals surface area contributed by atoms with Crippen LogP contribution in [0.15, 0.2) is 42.5 Å². The van der Waals surface area contributed by atoms with Crippen molar-refractivity contribution in [1.82, 2.24) is 4.90 Å². The Kier molecular flexibility index (Phi) is 5.24. The van der Waals surface area contributed by atoms with Gasteiger partial charge in [-0.25, -0.2) is 0 Å². The molecule has 0 radical (unpaired) electrons. The topological polar surface area (TPSA) is 59.0 Å². The fraction of sp³-hybridized carbons (Fsp3) is 0.350. The molecule has 0 amide bonds. The first-order valence-electron chi connectivity index (χ1n) is 8.35. The molecule has 0 aliphatic carbocycles. The van der Waals surface area contributed by atoms with Crippen LogP contribution in [0.1, 0.15) is 16.7 Å². The number of methoxy groups -OCH3 is 1. The molecular weight excluding hydrogens is 318 g/mol. The normalized spacial score (nSPS) is 14.8. The van der Waals surface area contributed by atoms with E-state index in [-0.39, 0.29) is 5.92 Å². The summed E-state index contributed by atoms with van der Waals surface area (Å²) in [6.45, 7) is 4.47. The van der Waals surface area contributed by atoms with Crippen molar-refractivity contribution in [3.05, 3.63) is 59.2 Å². The van der Waals surface area contributed by atoms with Crippen molar-refractivity contribution in [1.29, 1.82) is 0 Å². The van der Waals surface area contributed by atoms with Gasteiger partial charge in [0.2, 0.25) is 0 Å². The second kappa shape index (κ2) is 7.57. The summed E-state index contributed by atoms with van der Waals surface area (Å²) in [6.07, 6.45) is 0. The molecule has 0 bridgehead atoms. The molecule has 25 heavy (non-hydrogen) atoms. The smallest absolute Gasteiger partial charge is 0.309 e. The lowest BCUT2D eigenvalue weighted by atomic mass is 9.99. The number of hydrogen-bond donors (Lipinski definition) is 1. The molecule has 5 heteroatoms. The maximum atomic E-state index is 10.9. The Morgan fingerprint density at radius 2 is 1.80 bits per heavy atom. The zero-order chi connectivity index (χ0) is 17.8. The van der Waals surface area contributed by atoms with Crippen molar-refractivity contribution >= 4 is 5.97 Å². The first-order chi connectivity index (χ1) is 12.0. The molecule has 1 heterocycles. The van der Waals surface area contributed by atoms with E-state index in [0.29, 0.717) is 31.2 Å². The second-order valence-corrected chi connectivity index (χ2v) is 6.49. The molecule has 2 aromatic carbocycles. The van der Waals surface area contributed by atoms with Crippen molar-refractivity contribution in [3.63, 3.8) is 0 Å². The van der Waals surface area contributed by atoms with Crippen molar-refractivity contribution in [2.24, 2.45) is 5.92 Å². The number of aryl methyl sites for hydroxylation is 1. The maximum Gasteiger partial charge on any atom is 0.309 e. The number of carboxylic acids is 1. The molecule has 3 rings (SSSR count). The summed E-state index contributed by atoms with van der Waals surface area (Å²) < 4.78 is 11.3. The molecular formula is C20H23NO4. The van der Waals surface area contributed by atoms with Crippen LogP contribution in [0, 0.1) is 12.8 Å². The van der Waals surface area contributed by atoms with Gasteiger partial charge in [-0.05, 0) is 30.2 Å². The first-order valence-corrected chi connectivity index (χ1v) is 8.35. The maximum absolute atomic E-state index is 10.9. The van der Waals surface area contributed by atoms with Crippen LogP contribution in [0.4, 0.5) is 0 Å². The number of ether oxygens (including phenoxy) is 2. The van der Waals surface area contributed by atoms with Crippen LogP contribution >= 0.6 is 0 Å². The van der Waals surface area contributed by atoms with Gasteiger partial charge in [-0.1, -0.05) is 35.9 Å². The number of carboxylic acid groups (broad SMARTS) is 1. The quantitative estimate of drug-likeness (QED) is 0.838. The summed E-state index contributed by atoms with van der Waals surface area (Å²) in [5.74, 6) is 0.450. The Hall–Kier alpha value is -2.53. The van der Waals surface area contributed by atoms with E-state index >= 15 is 0 Å². The number of nitrogens with zero attached hydrogens (tertiary/aromatic N) is 1. The Balaban J connectivity index is 1.59. The van der Waals surface area contributed by atoms with E-state index < -0.39 is 5.97 Å². The van der Waals surface area contributed by atoms with Gasteiger partial charge in [0.15, 0.2) is 11.5 Å². The van der Waals surface area contributed by atoms with E-state index in [4.69, 9.17) is 14.6 Å². The summed E-state index contributed by atoms with van der Waals surface area (Å²) in [4.78, 5) is 13.0. The van der Waals surface area contributed by atoms with Gasteiger partial charge < -0.3 is 14.6 Å². The fourth-order valence-electron chi connectivity index (χ4n) is 2.89. The van der Waals surface area contributed by atoms with Gasteiger partial charge in [-0.2, -0.15) is 0 Å². The van der Waals surface area contributed by atoms with Crippen molar-refractivity contribution in [2.45, 2.75) is 20.1 Å². The second-order valence-electron chi connectivity index (χ2n) is 6.49. The minimum atomic E-state index is -0.714. The van der Waals surface area contributed by atoms with E-state index in [1.54, 1.807) is 7.11 Å². The van der Waals surface area contributed by atoms with Gasteiger partial charge in [0, 0.05) is 19.6 Å². The van der Waals surface area contributed by atoms with Crippen LogP contribution in [0.25, 0.3) is 0 Å². The Morgan fingerprint density at radius 3 is 2.44 bits per heavy atom. The first kappa shape index (κ1) is 17.3. The molecule has 0 spiro atoms. The molecule has 1 saturated heterocycles. The summed E-state index contributed by atoms with van der Waals surface area (Å²) in [6, 6.07) is 14.1. The van der Waals surface area contributed by atoms with Crippen LogP contribution < -0.4 is 9.47 Å². The molecule has 132 valence electrons. The Bertz CT molecular complexity index is 736. The SMILES string of the molecule is COc1cc(CN2CC(C(=O)O)C2)ccc1OCc1ccc(C)cc1. The van der Waals surface area contributed by atoms with E-state index in [0.717, 1.165) is 17.7 Å². The molecule has 1 N–H and O–H groups in total. The third-order valence-electron chi connectivity index (χ3n) is 4.46. The Morgan fingerprint density at radius 1 is 1.12 bits per heavy atom. The Labute approximate surface area is 147 Å². The van der Waals surface area contributed by atoms with Gasteiger partial charge in [0.1, 0.15) is 6.61 Å². The lowest BCUT2D eigenvalue weighted by Gasteiger charge is -2.36. The van der Waals surface area contributed by atoms with Crippen LogP contribution in [0.2, 0.25) is 0 Å². The summed E-state index contributed by atoms with van der Waals surface area (Å²) >= 11 is 0. The lowest BCUT2D eigenvalue weighted by Crippen LogP contribution is -2.49. The molecule has 1 aliphatic heterocycles. The van der Waals surface area contributed by atoms with Gasteiger partial charge in [-0.15, -0.1) is 0 Å². The number of hydrogen-bond acceptors (Lipinski definition) is 4. The van der Waals surface area contributed by atoms with Gasteiger partial charge in [-0.3, -0.25) is 9.69 Å². The van der Waals surface area contributed by atoms with E-state index in [1.165, 1.54) is 5.56 Å². The molecule has 0 aromatic heterocycles. The van der Waals surface area contributed by atoms with Crippen LogP contribution in [-0.4, -0.2) is 36.2 Å². The molecule has 2 aromatic rings. The molecule has 0 unspecified atom stereocenters. The summed E-state index contributed by atoms with van der Waals surface area (Å²) in [5.41, 5.74) is 3.42. The van der Waals surface area contributed by atoms with Crippen LogP contribution in [-0.2, 0) is 17.9 Å². The molecule has 0 saturated carbocycles. The van der Waals surface area contributed by atoms with Crippen LogP contribution in [0.5, 0.6) is 11.5 Å². The third-order valence-corrected chi connectivity index (χ3v) is 4.46. The molecule has 0 atom stereocenters. The summed E-state index contributed by atoms with van der Waals surface area (Å²) in [5, 5.41) is 8.94. The number of carbonyl (C=O) groups is 1. The monoisotopic (exact) mass is 341 g/mol. The number of aliphatic carboxylic acids is 1.